The van der Waals surface area contributed by atoms with Crippen LogP contribution in [0.2, 0.25) is 5.02 Å². The van der Waals surface area contributed by atoms with Crippen molar-refractivity contribution in [3.8, 4) is 11.3 Å². The molecule has 4 N–H and O–H groups in total. The Hall–Kier alpha value is -2.16. The first kappa shape index (κ1) is 21.4. The predicted octanol–water partition coefficient (Wildman–Crippen LogP) is 6.06. The number of nitrogen functional groups attached to an aromatic ring is 1. The van der Waals surface area contributed by atoms with Crippen LogP contribution in [0.25, 0.3) is 21.3 Å². The van der Waals surface area contributed by atoms with E-state index in [4.69, 9.17) is 17.3 Å². The number of pyridine rings is 2. The highest BCUT2D eigenvalue weighted by Crippen LogP contribution is 2.46. The second-order valence-electron chi connectivity index (χ2n) is 8.81. The van der Waals surface area contributed by atoms with Crippen LogP contribution in [0.1, 0.15) is 47.9 Å². The van der Waals surface area contributed by atoms with Gasteiger partial charge in [0.05, 0.1) is 28.1 Å². The molecule has 6 rings (SSSR count). The van der Waals surface area contributed by atoms with Crippen molar-refractivity contribution in [1.29, 1.82) is 0 Å². The fourth-order valence-corrected chi connectivity index (χ4v) is 6.44. The van der Waals surface area contributed by atoms with Gasteiger partial charge in [-0.1, -0.05) is 41.7 Å². The standard InChI is InChI=1S/C25H23ClN4OS2/c26-18-6-7-21(27)29-22(18)23(30-33-16-4-5-16)20-12-14-2-1-3-17(24(14)32-20)19-13-15(8-11-28-19)25(31)9-10-25/h1-3,6-8,11-13,16,23,30-31H,4-5,9-10H2,(H2,27,29). The van der Waals surface area contributed by atoms with Gasteiger partial charge < -0.3 is 10.8 Å². The molecule has 0 amide bonds. The van der Waals surface area contributed by atoms with Gasteiger partial charge in [0.15, 0.2) is 0 Å². The van der Waals surface area contributed by atoms with Crippen molar-refractivity contribution in [1.82, 2.24) is 14.7 Å². The van der Waals surface area contributed by atoms with Gasteiger partial charge in [-0.2, -0.15) is 0 Å². The Labute approximate surface area is 205 Å². The third-order valence-electron chi connectivity index (χ3n) is 6.19. The van der Waals surface area contributed by atoms with Crippen LogP contribution in [0.4, 0.5) is 5.82 Å². The topological polar surface area (TPSA) is 84.1 Å². The lowest BCUT2D eigenvalue weighted by atomic mass is 10.0. The summed E-state index contributed by atoms with van der Waals surface area (Å²) in [4.78, 5) is 10.3. The second kappa shape index (κ2) is 8.25. The number of aromatic nitrogens is 2. The van der Waals surface area contributed by atoms with Gasteiger partial charge in [0, 0.05) is 26.6 Å². The molecule has 0 bridgehead atoms. The Bertz CT molecular complexity index is 1350. The fourth-order valence-electron chi connectivity index (χ4n) is 3.98. The molecule has 33 heavy (non-hydrogen) atoms. The van der Waals surface area contributed by atoms with Crippen molar-refractivity contribution in [2.45, 2.75) is 42.6 Å². The SMILES string of the molecule is Nc1ccc(Cl)c(C(NSC2CC2)c2cc3cccc(-c4cc(C5(O)CC5)ccn4)c3s2)n1. The molecular formula is C25H23ClN4OS2. The van der Waals surface area contributed by atoms with E-state index in [0.717, 1.165) is 50.3 Å². The van der Waals surface area contributed by atoms with Crippen LogP contribution in [0.3, 0.4) is 0 Å². The number of rotatable bonds is 7. The lowest BCUT2D eigenvalue weighted by Gasteiger charge is -2.18. The van der Waals surface area contributed by atoms with Gasteiger partial charge in [-0.3, -0.25) is 4.98 Å². The molecule has 0 aliphatic heterocycles. The van der Waals surface area contributed by atoms with Crippen molar-refractivity contribution in [2.75, 3.05) is 5.73 Å². The summed E-state index contributed by atoms with van der Waals surface area (Å²) >= 11 is 10.0. The number of fused-ring (bicyclic) bond motifs is 1. The Morgan fingerprint density at radius 1 is 1.18 bits per heavy atom. The van der Waals surface area contributed by atoms with E-state index in [9.17, 15) is 5.11 Å². The van der Waals surface area contributed by atoms with E-state index < -0.39 is 5.60 Å². The van der Waals surface area contributed by atoms with Gasteiger partial charge in [0.25, 0.3) is 0 Å². The van der Waals surface area contributed by atoms with Crippen LogP contribution in [0.5, 0.6) is 0 Å². The summed E-state index contributed by atoms with van der Waals surface area (Å²) in [6.07, 6.45) is 5.87. The van der Waals surface area contributed by atoms with Crippen molar-refractivity contribution < 1.29 is 5.11 Å². The van der Waals surface area contributed by atoms with E-state index in [1.165, 1.54) is 12.8 Å². The fraction of sp³-hybridized carbons (Fsp3) is 0.280. The van der Waals surface area contributed by atoms with Crippen molar-refractivity contribution in [2.24, 2.45) is 0 Å². The van der Waals surface area contributed by atoms with E-state index in [2.05, 4.69) is 39.0 Å². The third kappa shape index (κ3) is 4.24. The minimum atomic E-state index is -0.684. The van der Waals surface area contributed by atoms with Gasteiger partial charge >= 0.3 is 0 Å². The highest BCUT2D eigenvalue weighted by molar-refractivity contribution is 7.98. The normalized spacial score (nSPS) is 17.9. The van der Waals surface area contributed by atoms with E-state index in [-0.39, 0.29) is 6.04 Å². The molecule has 2 fully saturated rings. The molecule has 1 atom stereocenters. The number of nitrogens with two attached hydrogens (primary N) is 1. The molecule has 2 saturated carbocycles. The Balaban J connectivity index is 1.43. The largest absolute Gasteiger partial charge is 0.385 e. The lowest BCUT2D eigenvalue weighted by molar-refractivity contribution is 0.151. The van der Waals surface area contributed by atoms with Gasteiger partial charge in [-0.15, -0.1) is 11.3 Å². The van der Waals surface area contributed by atoms with Gasteiger partial charge in [-0.05, 0) is 67.0 Å². The van der Waals surface area contributed by atoms with E-state index in [1.54, 1.807) is 35.5 Å². The summed E-state index contributed by atoms with van der Waals surface area (Å²) in [5.41, 5.74) is 8.96. The van der Waals surface area contributed by atoms with Crippen LogP contribution in [-0.2, 0) is 5.60 Å². The minimum absolute atomic E-state index is 0.164. The number of benzene rings is 1. The molecule has 168 valence electrons. The summed E-state index contributed by atoms with van der Waals surface area (Å²) in [6, 6.07) is 15.8. The number of hydrogen-bond donors (Lipinski definition) is 3. The predicted molar refractivity (Wildman–Crippen MR) is 137 cm³/mol. The molecule has 4 aromatic rings. The molecule has 1 aromatic carbocycles. The molecule has 3 heterocycles. The second-order valence-corrected chi connectivity index (χ2v) is 11.4. The number of nitrogens with zero attached hydrogens (tertiary/aromatic N) is 2. The number of hydrogen-bond acceptors (Lipinski definition) is 7. The Kier molecular flexibility index (Phi) is 5.35. The van der Waals surface area contributed by atoms with Crippen LogP contribution in [0, 0.1) is 0 Å². The van der Waals surface area contributed by atoms with Crippen molar-refractivity contribution in [3.05, 3.63) is 75.9 Å². The average Bonchev–Trinajstić information content (AvgIpc) is 3.74. The first-order valence-electron chi connectivity index (χ1n) is 11.0. The van der Waals surface area contributed by atoms with E-state index >= 15 is 0 Å². The lowest BCUT2D eigenvalue weighted by Crippen LogP contribution is -2.17. The monoisotopic (exact) mass is 494 g/mol. The van der Waals surface area contributed by atoms with E-state index in [1.807, 2.05) is 18.2 Å². The molecule has 8 heteroatoms. The summed E-state index contributed by atoms with van der Waals surface area (Å²) < 4.78 is 4.77. The summed E-state index contributed by atoms with van der Waals surface area (Å²) in [5, 5.41) is 13.0. The van der Waals surface area contributed by atoms with Gasteiger partial charge in [-0.25, -0.2) is 9.71 Å². The Morgan fingerprint density at radius 2 is 2.03 bits per heavy atom. The highest BCUT2D eigenvalue weighted by Gasteiger charge is 2.42. The first-order valence-corrected chi connectivity index (χ1v) is 13.1. The molecule has 2 aliphatic rings. The average molecular weight is 495 g/mol. The maximum Gasteiger partial charge on any atom is 0.123 e. The van der Waals surface area contributed by atoms with Crippen LogP contribution in [0.15, 0.2) is 54.7 Å². The molecule has 3 aromatic heterocycles. The Morgan fingerprint density at radius 3 is 2.82 bits per heavy atom. The van der Waals surface area contributed by atoms with Gasteiger partial charge in [0.2, 0.25) is 0 Å². The summed E-state index contributed by atoms with van der Waals surface area (Å²) in [6.45, 7) is 0. The third-order valence-corrected chi connectivity index (χ3v) is 8.93. The zero-order valence-corrected chi connectivity index (χ0v) is 20.2. The molecule has 0 spiro atoms. The smallest absolute Gasteiger partial charge is 0.123 e. The summed E-state index contributed by atoms with van der Waals surface area (Å²) in [5.74, 6) is 0.457. The van der Waals surface area contributed by atoms with Crippen LogP contribution >= 0.6 is 34.9 Å². The van der Waals surface area contributed by atoms with Crippen molar-refractivity contribution in [3.63, 3.8) is 0 Å². The summed E-state index contributed by atoms with van der Waals surface area (Å²) in [7, 11) is 0. The van der Waals surface area contributed by atoms with Crippen LogP contribution in [-0.4, -0.2) is 20.3 Å². The number of aliphatic hydroxyl groups is 1. The highest BCUT2D eigenvalue weighted by atomic mass is 35.5. The van der Waals surface area contributed by atoms with Gasteiger partial charge in [0.1, 0.15) is 5.82 Å². The maximum atomic E-state index is 10.6. The molecule has 2 aliphatic carbocycles. The zero-order valence-electron chi connectivity index (χ0n) is 17.8. The number of anilines is 1. The number of thiophene rings is 1. The molecule has 0 saturated heterocycles. The van der Waals surface area contributed by atoms with Crippen LogP contribution < -0.4 is 10.5 Å². The molecule has 0 radical (unpaired) electrons. The van der Waals surface area contributed by atoms with Crippen molar-refractivity contribution >= 4 is 50.8 Å². The number of nitrogens with one attached hydrogen (secondary N) is 1. The maximum absolute atomic E-state index is 10.6. The quantitative estimate of drug-likeness (QED) is 0.270. The zero-order chi connectivity index (χ0) is 22.6. The molecule has 5 nitrogen and oxygen atoms in total. The minimum Gasteiger partial charge on any atom is -0.385 e. The van der Waals surface area contributed by atoms with E-state index in [0.29, 0.717) is 16.1 Å². The molecular weight excluding hydrogens is 472 g/mol. The first-order chi connectivity index (χ1) is 16.0. The number of halogens is 1. The molecule has 1 unspecified atom stereocenters.